The van der Waals surface area contributed by atoms with Gasteiger partial charge in [-0.25, -0.2) is 4.98 Å². The number of fused-ring (bicyclic) bond motifs is 1. The number of piperazine rings is 1. The number of aromatic nitrogens is 2. The van der Waals surface area contributed by atoms with E-state index in [1.165, 1.54) is 5.56 Å². The van der Waals surface area contributed by atoms with Gasteiger partial charge in [0.2, 0.25) is 12.7 Å². The van der Waals surface area contributed by atoms with Crippen LogP contribution < -0.4 is 19.7 Å². The molecule has 0 aliphatic carbocycles. The zero-order valence-electron chi connectivity index (χ0n) is 15.3. The van der Waals surface area contributed by atoms with Crippen LogP contribution in [0.5, 0.6) is 11.5 Å². The third-order valence-electron chi connectivity index (χ3n) is 4.60. The number of hydrogen-bond donors (Lipinski definition) is 1. The minimum atomic E-state index is 0.323. The van der Waals surface area contributed by atoms with Crippen molar-refractivity contribution in [1.82, 2.24) is 14.9 Å². The van der Waals surface area contributed by atoms with Gasteiger partial charge < -0.3 is 19.7 Å². The molecule has 7 heteroatoms. The second kappa shape index (κ2) is 7.37. The van der Waals surface area contributed by atoms with Gasteiger partial charge in [0.05, 0.1) is 0 Å². The molecule has 0 radical (unpaired) electrons. The lowest BCUT2D eigenvalue weighted by molar-refractivity contribution is 0.174. The second-order valence-corrected chi connectivity index (χ2v) is 6.99. The number of benzene rings is 1. The van der Waals surface area contributed by atoms with Crippen molar-refractivity contribution >= 4 is 11.8 Å². The summed E-state index contributed by atoms with van der Waals surface area (Å²) in [4.78, 5) is 13.7. The lowest BCUT2D eigenvalue weighted by atomic mass is 10.1. The van der Waals surface area contributed by atoms with E-state index < -0.39 is 0 Å². The van der Waals surface area contributed by atoms with E-state index in [4.69, 9.17) is 9.47 Å². The summed E-state index contributed by atoms with van der Waals surface area (Å²) in [6.07, 6.45) is 1.83. The number of rotatable bonds is 5. The molecule has 7 nitrogen and oxygen atoms in total. The second-order valence-electron chi connectivity index (χ2n) is 6.99. The highest BCUT2D eigenvalue weighted by Gasteiger charge is 2.20. The Kier molecular flexibility index (Phi) is 4.79. The Labute approximate surface area is 153 Å². The Morgan fingerprint density at radius 3 is 2.69 bits per heavy atom. The van der Waals surface area contributed by atoms with E-state index in [2.05, 4.69) is 51.1 Å². The van der Waals surface area contributed by atoms with Crippen molar-refractivity contribution in [2.75, 3.05) is 43.2 Å². The van der Waals surface area contributed by atoms with Gasteiger partial charge in [-0.05, 0) is 37.6 Å². The van der Waals surface area contributed by atoms with E-state index in [1.54, 1.807) is 0 Å². The van der Waals surface area contributed by atoms with Crippen LogP contribution in [0.15, 0.2) is 30.5 Å². The average molecular weight is 355 g/mol. The topological polar surface area (TPSA) is 62.8 Å². The molecule has 1 aromatic heterocycles. The third-order valence-corrected chi connectivity index (χ3v) is 4.60. The summed E-state index contributed by atoms with van der Waals surface area (Å²) in [5.41, 5.74) is 1.26. The quantitative estimate of drug-likeness (QED) is 0.883. The molecule has 0 atom stereocenters. The molecule has 3 heterocycles. The minimum Gasteiger partial charge on any atom is -0.454 e. The fraction of sp³-hybridized carbons (Fsp3) is 0.474. The normalized spacial score (nSPS) is 17.0. The number of anilines is 2. The van der Waals surface area contributed by atoms with Crippen LogP contribution in [0, 0.1) is 0 Å². The summed E-state index contributed by atoms with van der Waals surface area (Å²) in [5, 5.41) is 3.26. The van der Waals surface area contributed by atoms with Crippen LogP contribution in [0.4, 0.5) is 11.8 Å². The predicted molar refractivity (Wildman–Crippen MR) is 101 cm³/mol. The van der Waals surface area contributed by atoms with Crippen molar-refractivity contribution in [1.29, 1.82) is 0 Å². The molecule has 0 unspecified atom stereocenters. The fourth-order valence-corrected chi connectivity index (χ4v) is 3.29. The number of ether oxygens (including phenoxy) is 2. The lowest BCUT2D eigenvalue weighted by Crippen LogP contribution is -2.46. The van der Waals surface area contributed by atoms with Crippen LogP contribution in [0.2, 0.25) is 0 Å². The molecular weight excluding hydrogens is 330 g/mol. The molecule has 2 aromatic rings. The largest absolute Gasteiger partial charge is 0.454 e. The first-order valence-corrected chi connectivity index (χ1v) is 9.13. The maximum Gasteiger partial charge on any atom is 0.231 e. The highest BCUT2D eigenvalue weighted by atomic mass is 16.7. The molecule has 0 spiro atoms. The van der Waals surface area contributed by atoms with Crippen LogP contribution in [0.1, 0.15) is 19.4 Å². The predicted octanol–water partition coefficient (Wildman–Crippen LogP) is 2.35. The van der Waals surface area contributed by atoms with Gasteiger partial charge in [-0.3, -0.25) is 4.90 Å². The SMILES string of the molecule is CC(C)Nc1nccc(N2CCN(Cc3ccc4c(c3)OCO4)CC2)n1. The molecule has 1 aromatic carbocycles. The minimum absolute atomic E-state index is 0.323. The van der Waals surface area contributed by atoms with E-state index in [-0.39, 0.29) is 0 Å². The molecule has 4 rings (SSSR count). The lowest BCUT2D eigenvalue weighted by Gasteiger charge is -2.35. The van der Waals surface area contributed by atoms with Crippen molar-refractivity contribution in [2.24, 2.45) is 0 Å². The zero-order chi connectivity index (χ0) is 17.9. The molecule has 0 bridgehead atoms. The number of nitrogens with zero attached hydrogens (tertiary/aromatic N) is 4. The first-order chi connectivity index (χ1) is 12.7. The summed E-state index contributed by atoms with van der Waals surface area (Å²) in [7, 11) is 0. The van der Waals surface area contributed by atoms with Crippen molar-refractivity contribution < 1.29 is 9.47 Å². The van der Waals surface area contributed by atoms with Crippen molar-refractivity contribution in [3.63, 3.8) is 0 Å². The van der Waals surface area contributed by atoms with E-state index in [0.717, 1.165) is 50.0 Å². The number of hydrogen-bond acceptors (Lipinski definition) is 7. The summed E-state index contributed by atoms with van der Waals surface area (Å²) >= 11 is 0. The van der Waals surface area contributed by atoms with Gasteiger partial charge in [0, 0.05) is 45.0 Å². The Morgan fingerprint density at radius 2 is 1.88 bits per heavy atom. The highest BCUT2D eigenvalue weighted by molar-refractivity contribution is 5.45. The van der Waals surface area contributed by atoms with Crippen molar-refractivity contribution in [2.45, 2.75) is 26.4 Å². The molecule has 1 N–H and O–H groups in total. The first-order valence-electron chi connectivity index (χ1n) is 9.13. The maximum atomic E-state index is 5.47. The van der Waals surface area contributed by atoms with Crippen molar-refractivity contribution in [3.05, 3.63) is 36.0 Å². The fourth-order valence-electron chi connectivity index (χ4n) is 3.29. The van der Waals surface area contributed by atoms with Crippen molar-refractivity contribution in [3.8, 4) is 11.5 Å². The molecule has 1 fully saturated rings. The van der Waals surface area contributed by atoms with Crippen LogP contribution >= 0.6 is 0 Å². The Hall–Kier alpha value is -2.54. The Morgan fingerprint density at radius 1 is 1.08 bits per heavy atom. The summed E-state index contributed by atoms with van der Waals surface area (Å²) < 4.78 is 10.9. The molecule has 0 amide bonds. The van der Waals surface area contributed by atoms with Gasteiger partial charge in [-0.1, -0.05) is 6.07 Å². The number of nitrogens with one attached hydrogen (secondary N) is 1. The molecular formula is C19H25N5O2. The van der Waals surface area contributed by atoms with Gasteiger partial charge in [0.15, 0.2) is 11.5 Å². The highest BCUT2D eigenvalue weighted by Crippen LogP contribution is 2.32. The molecule has 1 saturated heterocycles. The van der Waals surface area contributed by atoms with Crippen LogP contribution in [-0.4, -0.2) is 53.9 Å². The standard InChI is InChI=1S/C19H25N5O2/c1-14(2)21-19-20-6-5-18(22-19)24-9-7-23(8-10-24)12-15-3-4-16-17(11-15)26-13-25-16/h3-6,11,14H,7-10,12-13H2,1-2H3,(H,20,21,22). The Bertz CT molecular complexity index is 759. The van der Waals surface area contributed by atoms with Gasteiger partial charge >= 0.3 is 0 Å². The Balaban J connectivity index is 1.34. The zero-order valence-corrected chi connectivity index (χ0v) is 15.3. The van der Waals surface area contributed by atoms with E-state index in [0.29, 0.717) is 18.8 Å². The molecule has 2 aliphatic rings. The van der Waals surface area contributed by atoms with Gasteiger partial charge in [-0.2, -0.15) is 4.98 Å². The van der Waals surface area contributed by atoms with Crippen LogP contribution in [0.3, 0.4) is 0 Å². The van der Waals surface area contributed by atoms with E-state index in [1.807, 2.05) is 18.3 Å². The third kappa shape index (κ3) is 3.83. The maximum absolute atomic E-state index is 5.47. The monoisotopic (exact) mass is 355 g/mol. The molecule has 26 heavy (non-hydrogen) atoms. The molecule has 0 saturated carbocycles. The summed E-state index contributed by atoms with van der Waals surface area (Å²) in [6, 6.07) is 8.51. The first kappa shape index (κ1) is 16.9. The van der Waals surface area contributed by atoms with Gasteiger partial charge in [0.1, 0.15) is 5.82 Å². The van der Waals surface area contributed by atoms with Crippen LogP contribution in [0.25, 0.3) is 0 Å². The molecule has 2 aliphatic heterocycles. The summed E-state index contributed by atoms with van der Waals surface area (Å²) in [6.45, 7) is 9.36. The van der Waals surface area contributed by atoms with E-state index in [9.17, 15) is 0 Å². The smallest absolute Gasteiger partial charge is 0.231 e. The average Bonchev–Trinajstić information content (AvgIpc) is 3.10. The molecule has 138 valence electrons. The van der Waals surface area contributed by atoms with Crippen LogP contribution in [-0.2, 0) is 6.54 Å². The van der Waals surface area contributed by atoms with Gasteiger partial charge in [-0.15, -0.1) is 0 Å². The van der Waals surface area contributed by atoms with E-state index >= 15 is 0 Å². The van der Waals surface area contributed by atoms with Gasteiger partial charge in [0.25, 0.3) is 0 Å². The summed E-state index contributed by atoms with van der Waals surface area (Å²) in [5.74, 6) is 3.38.